The van der Waals surface area contributed by atoms with Gasteiger partial charge in [0.15, 0.2) is 17.5 Å². The number of ether oxygens (including phenoxy) is 3. The smallest absolute Gasteiger partial charge is 0.191 e. The molecule has 32 heavy (non-hydrogen) atoms. The molecule has 2 aromatic carbocycles. The topological polar surface area (TPSA) is 67.4 Å². The second-order valence-corrected chi connectivity index (χ2v) is 7.66. The van der Waals surface area contributed by atoms with Crippen molar-refractivity contribution in [1.82, 2.24) is 15.5 Å². The number of hydrogen-bond donors (Lipinski definition) is 2. The van der Waals surface area contributed by atoms with Crippen LogP contribution in [-0.4, -0.2) is 71.0 Å². The number of benzene rings is 2. The van der Waals surface area contributed by atoms with E-state index in [0.29, 0.717) is 6.54 Å². The molecule has 1 aliphatic heterocycles. The summed E-state index contributed by atoms with van der Waals surface area (Å²) in [6, 6.07) is 16.9. The van der Waals surface area contributed by atoms with Gasteiger partial charge in [0.2, 0.25) is 0 Å². The van der Waals surface area contributed by atoms with Crippen molar-refractivity contribution < 1.29 is 14.2 Å². The molecule has 1 aliphatic rings. The van der Waals surface area contributed by atoms with Gasteiger partial charge in [-0.25, -0.2) is 0 Å². The van der Waals surface area contributed by atoms with Crippen LogP contribution in [-0.2, 0) is 11.2 Å². The first-order valence-corrected chi connectivity index (χ1v) is 11.3. The molecule has 174 valence electrons. The lowest BCUT2D eigenvalue weighted by atomic mass is 10.1. The number of rotatable bonds is 10. The van der Waals surface area contributed by atoms with E-state index in [9.17, 15) is 0 Å². The summed E-state index contributed by atoms with van der Waals surface area (Å²) in [6.07, 6.45) is 0.857. The van der Waals surface area contributed by atoms with E-state index in [-0.39, 0.29) is 6.04 Å². The zero-order valence-corrected chi connectivity index (χ0v) is 19.5. The number of guanidine groups is 1. The average molecular weight is 441 g/mol. The quantitative estimate of drug-likeness (QED) is 0.438. The van der Waals surface area contributed by atoms with Gasteiger partial charge in [-0.2, -0.15) is 0 Å². The first-order valence-electron chi connectivity index (χ1n) is 11.3. The van der Waals surface area contributed by atoms with Crippen LogP contribution in [0.1, 0.15) is 24.1 Å². The minimum Gasteiger partial charge on any atom is -0.493 e. The normalized spacial score (nSPS) is 15.8. The first kappa shape index (κ1) is 23.9. The highest BCUT2D eigenvalue weighted by molar-refractivity contribution is 5.79. The van der Waals surface area contributed by atoms with Crippen LogP contribution in [0, 0.1) is 0 Å². The Labute approximate surface area is 191 Å². The summed E-state index contributed by atoms with van der Waals surface area (Å²) in [4.78, 5) is 7.39. The van der Waals surface area contributed by atoms with E-state index in [1.54, 1.807) is 14.2 Å². The van der Waals surface area contributed by atoms with E-state index in [1.807, 2.05) is 12.1 Å². The molecule has 1 fully saturated rings. The number of aliphatic imine (C=N–C) groups is 1. The highest BCUT2D eigenvalue weighted by Gasteiger charge is 2.22. The molecule has 0 radical (unpaired) electrons. The SMILES string of the molecule is CCNC(=NCC(c1ccccc1)N1CCOCC1)NCCc1ccc(OC)c(OC)c1. The molecule has 3 rings (SSSR count). The van der Waals surface area contributed by atoms with Gasteiger partial charge >= 0.3 is 0 Å². The van der Waals surface area contributed by atoms with Crippen molar-refractivity contribution in [2.45, 2.75) is 19.4 Å². The third-order valence-electron chi connectivity index (χ3n) is 5.59. The highest BCUT2D eigenvalue weighted by atomic mass is 16.5. The third-order valence-corrected chi connectivity index (χ3v) is 5.59. The summed E-state index contributed by atoms with van der Waals surface area (Å²) in [5.74, 6) is 2.33. The van der Waals surface area contributed by atoms with Crippen molar-refractivity contribution in [3.63, 3.8) is 0 Å². The van der Waals surface area contributed by atoms with Gasteiger partial charge in [-0.3, -0.25) is 9.89 Å². The van der Waals surface area contributed by atoms with Gasteiger partial charge in [0, 0.05) is 26.2 Å². The van der Waals surface area contributed by atoms with Crippen LogP contribution in [0.4, 0.5) is 0 Å². The number of morpholine rings is 1. The van der Waals surface area contributed by atoms with Crippen molar-refractivity contribution in [3.8, 4) is 11.5 Å². The molecule has 1 atom stereocenters. The lowest BCUT2D eigenvalue weighted by molar-refractivity contribution is 0.0180. The fourth-order valence-electron chi connectivity index (χ4n) is 3.88. The Kier molecular flexibility index (Phi) is 9.65. The summed E-state index contributed by atoms with van der Waals surface area (Å²) in [5.41, 5.74) is 2.47. The molecule has 7 nitrogen and oxygen atoms in total. The van der Waals surface area contributed by atoms with Crippen LogP contribution in [0.25, 0.3) is 0 Å². The standard InChI is InChI=1S/C25H36N4O3/c1-4-26-25(27-13-12-20-10-11-23(30-2)24(18-20)31-3)28-19-22(21-8-6-5-7-9-21)29-14-16-32-17-15-29/h5-11,18,22H,4,12-17,19H2,1-3H3,(H2,26,27,28). The van der Waals surface area contributed by atoms with E-state index in [4.69, 9.17) is 19.2 Å². The molecule has 2 N–H and O–H groups in total. The van der Waals surface area contributed by atoms with E-state index in [1.165, 1.54) is 11.1 Å². The fraction of sp³-hybridized carbons (Fsp3) is 0.480. The summed E-state index contributed by atoms with van der Waals surface area (Å²) in [6.45, 7) is 7.77. The maximum atomic E-state index is 5.56. The van der Waals surface area contributed by atoms with E-state index < -0.39 is 0 Å². The lowest BCUT2D eigenvalue weighted by Gasteiger charge is -2.34. The highest BCUT2D eigenvalue weighted by Crippen LogP contribution is 2.27. The molecule has 1 heterocycles. The zero-order chi connectivity index (χ0) is 22.6. The van der Waals surface area contributed by atoms with Crippen LogP contribution in [0.3, 0.4) is 0 Å². The molecular weight excluding hydrogens is 404 g/mol. The van der Waals surface area contributed by atoms with Crippen LogP contribution < -0.4 is 20.1 Å². The van der Waals surface area contributed by atoms with E-state index >= 15 is 0 Å². The van der Waals surface area contributed by atoms with Crippen LogP contribution in [0.5, 0.6) is 11.5 Å². The Balaban J connectivity index is 1.63. The van der Waals surface area contributed by atoms with Gasteiger partial charge < -0.3 is 24.8 Å². The molecule has 0 aromatic heterocycles. The zero-order valence-electron chi connectivity index (χ0n) is 19.5. The van der Waals surface area contributed by atoms with Crippen LogP contribution in [0.2, 0.25) is 0 Å². The molecule has 1 saturated heterocycles. The Hall–Kier alpha value is -2.77. The minimum absolute atomic E-state index is 0.237. The molecule has 7 heteroatoms. The van der Waals surface area contributed by atoms with E-state index in [2.05, 4.69) is 58.9 Å². The molecule has 0 saturated carbocycles. The van der Waals surface area contributed by atoms with Crippen molar-refractivity contribution >= 4 is 5.96 Å². The Morgan fingerprint density at radius 2 is 1.78 bits per heavy atom. The molecule has 0 spiro atoms. The summed E-state index contributed by atoms with van der Waals surface area (Å²) < 4.78 is 16.3. The number of nitrogens with zero attached hydrogens (tertiary/aromatic N) is 2. The lowest BCUT2D eigenvalue weighted by Crippen LogP contribution is -2.42. The van der Waals surface area contributed by atoms with Gasteiger partial charge in [-0.15, -0.1) is 0 Å². The second-order valence-electron chi connectivity index (χ2n) is 7.66. The first-order chi connectivity index (χ1) is 15.7. The number of hydrogen-bond acceptors (Lipinski definition) is 5. The van der Waals surface area contributed by atoms with Gasteiger partial charge in [-0.1, -0.05) is 36.4 Å². The van der Waals surface area contributed by atoms with Gasteiger partial charge in [-0.05, 0) is 36.6 Å². The summed E-state index contributed by atoms with van der Waals surface area (Å²) >= 11 is 0. The Morgan fingerprint density at radius 1 is 1.03 bits per heavy atom. The summed E-state index contributed by atoms with van der Waals surface area (Å²) in [7, 11) is 3.31. The monoisotopic (exact) mass is 440 g/mol. The molecule has 2 aromatic rings. The van der Waals surface area contributed by atoms with Crippen molar-refractivity contribution in [2.24, 2.45) is 4.99 Å². The minimum atomic E-state index is 0.237. The predicted octanol–water partition coefficient (Wildman–Crippen LogP) is 2.87. The third kappa shape index (κ3) is 6.87. The average Bonchev–Trinajstić information content (AvgIpc) is 2.85. The maximum absolute atomic E-state index is 5.56. The number of nitrogens with one attached hydrogen (secondary N) is 2. The van der Waals surface area contributed by atoms with Gasteiger partial charge in [0.1, 0.15) is 0 Å². The van der Waals surface area contributed by atoms with Crippen LogP contribution >= 0.6 is 0 Å². The van der Waals surface area contributed by atoms with Gasteiger partial charge in [0.05, 0.1) is 40.0 Å². The Bertz CT molecular complexity index is 838. The molecule has 0 aliphatic carbocycles. The maximum Gasteiger partial charge on any atom is 0.191 e. The molecule has 0 bridgehead atoms. The molecule has 1 unspecified atom stereocenters. The summed E-state index contributed by atoms with van der Waals surface area (Å²) in [5, 5.41) is 6.84. The van der Waals surface area contributed by atoms with Crippen molar-refractivity contribution in [2.75, 3.05) is 60.2 Å². The van der Waals surface area contributed by atoms with Crippen LogP contribution in [0.15, 0.2) is 53.5 Å². The Morgan fingerprint density at radius 3 is 2.47 bits per heavy atom. The molecule has 0 amide bonds. The molecular formula is C25H36N4O3. The van der Waals surface area contributed by atoms with Gasteiger partial charge in [0.25, 0.3) is 0 Å². The largest absolute Gasteiger partial charge is 0.493 e. The fourth-order valence-corrected chi connectivity index (χ4v) is 3.88. The number of methoxy groups -OCH3 is 2. The van der Waals surface area contributed by atoms with E-state index in [0.717, 1.165) is 63.3 Å². The van der Waals surface area contributed by atoms with Crippen molar-refractivity contribution in [3.05, 3.63) is 59.7 Å². The van der Waals surface area contributed by atoms with Crippen molar-refractivity contribution in [1.29, 1.82) is 0 Å². The second kappa shape index (κ2) is 12.9. The predicted molar refractivity (Wildman–Crippen MR) is 129 cm³/mol.